The SMILES string of the molecule is CCC(C(=O)O)N(C)C(=O)c1cc(Br)ccc1I. The standard InChI is InChI=1S/C12H13BrINO3/c1-3-10(12(17)18)15(2)11(16)8-6-7(13)4-5-9(8)14/h4-6,10H,3H2,1-2H3,(H,17,18). The molecule has 1 unspecified atom stereocenters. The Bertz CT molecular complexity index is 478. The van der Waals surface area contributed by atoms with E-state index in [2.05, 4.69) is 38.5 Å². The Morgan fingerprint density at radius 1 is 1.50 bits per heavy atom. The normalized spacial score (nSPS) is 12.0. The van der Waals surface area contributed by atoms with Crippen molar-refractivity contribution in [1.82, 2.24) is 4.90 Å². The number of carbonyl (C=O) groups is 2. The van der Waals surface area contributed by atoms with Crippen LogP contribution in [0.2, 0.25) is 0 Å². The van der Waals surface area contributed by atoms with Crippen LogP contribution in [-0.4, -0.2) is 35.0 Å². The minimum absolute atomic E-state index is 0.282. The van der Waals surface area contributed by atoms with Gasteiger partial charge in [0, 0.05) is 15.1 Å². The lowest BCUT2D eigenvalue weighted by molar-refractivity contribution is -0.142. The van der Waals surface area contributed by atoms with Gasteiger partial charge in [0.25, 0.3) is 5.91 Å². The van der Waals surface area contributed by atoms with E-state index >= 15 is 0 Å². The number of carbonyl (C=O) groups excluding carboxylic acids is 1. The molecule has 0 aromatic heterocycles. The fourth-order valence-corrected chi connectivity index (χ4v) is 2.53. The largest absolute Gasteiger partial charge is 0.480 e. The number of carboxylic acids is 1. The summed E-state index contributed by atoms with van der Waals surface area (Å²) in [4.78, 5) is 24.6. The molecule has 1 aromatic rings. The highest BCUT2D eigenvalue weighted by Gasteiger charge is 2.26. The van der Waals surface area contributed by atoms with Gasteiger partial charge in [-0.15, -0.1) is 0 Å². The van der Waals surface area contributed by atoms with Crippen LogP contribution in [0.5, 0.6) is 0 Å². The molecule has 0 aliphatic rings. The number of benzene rings is 1. The Hall–Kier alpha value is -0.630. The number of amides is 1. The van der Waals surface area contributed by atoms with E-state index in [1.165, 1.54) is 11.9 Å². The third kappa shape index (κ3) is 3.44. The van der Waals surface area contributed by atoms with Crippen molar-refractivity contribution in [2.24, 2.45) is 0 Å². The number of carboxylic acid groups (broad SMARTS) is 1. The minimum atomic E-state index is -0.988. The summed E-state index contributed by atoms with van der Waals surface area (Å²) in [5.41, 5.74) is 0.507. The fourth-order valence-electron chi connectivity index (χ4n) is 1.61. The number of hydrogen-bond donors (Lipinski definition) is 1. The zero-order chi connectivity index (χ0) is 13.9. The van der Waals surface area contributed by atoms with Gasteiger partial charge < -0.3 is 10.0 Å². The second-order valence-corrected chi connectivity index (χ2v) is 5.88. The van der Waals surface area contributed by atoms with E-state index in [1.54, 1.807) is 13.0 Å². The predicted molar refractivity (Wildman–Crippen MR) is 80.7 cm³/mol. The van der Waals surface area contributed by atoms with Gasteiger partial charge in [0.05, 0.1) is 5.56 Å². The van der Waals surface area contributed by atoms with Gasteiger partial charge in [-0.25, -0.2) is 4.79 Å². The van der Waals surface area contributed by atoms with Crippen LogP contribution in [0.4, 0.5) is 0 Å². The monoisotopic (exact) mass is 425 g/mol. The molecule has 1 aromatic carbocycles. The quantitative estimate of drug-likeness (QED) is 0.754. The highest BCUT2D eigenvalue weighted by Crippen LogP contribution is 2.20. The van der Waals surface area contributed by atoms with E-state index in [-0.39, 0.29) is 5.91 Å². The maximum atomic E-state index is 12.3. The van der Waals surface area contributed by atoms with E-state index in [0.29, 0.717) is 12.0 Å². The molecule has 0 saturated carbocycles. The zero-order valence-electron chi connectivity index (χ0n) is 9.98. The van der Waals surface area contributed by atoms with Crippen molar-refractivity contribution in [1.29, 1.82) is 0 Å². The van der Waals surface area contributed by atoms with Crippen molar-refractivity contribution in [3.05, 3.63) is 31.8 Å². The van der Waals surface area contributed by atoms with E-state index in [0.717, 1.165) is 8.04 Å². The summed E-state index contributed by atoms with van der Waals surface area (Å²) in [6, 6.07) is 4.56. The average Bonchev–Trinajstić information content (AvgIpc) is 2.31. The van der Waals surface area contributed by atoms with E-state index < -0.39 is 12.0 Å². The topological polar surface area (TPSA) is 57.6 Å². The fraction of sp³-hybridized carbons (Fsp3) is 0.333. The molecule has 1 rings (SSSR count). The average molecular weight is 426 g/mol. The Kier molecular flexibility index (Phi) is 5.58. The van der Waals surface area contributed by atoms with Crippen LogP contribution in [0.15, 0.2) is 22.7 Å². The lowest BCUT2D eigenvalue weighted by Crippen LogP contribution is -2.42. The molecule has 0 fully saturated rings. The molecule has 0 spiro atoms. The summed E-state index contributed by atoms with van der Waals surface area (Å²) in [5.74, 6) is -1.27. The molecule has 1 N–H and O–H groups in total. The molecule has 0 heterocycles. The van der Waals surface area contributed by atoms with Crippen LogP contribution in [0, 0.1) is 3.57 Å². The van der Waals surface area contributed by atoms with Gasteiger partial charge >= 0.3 is 5.97 Å². The third-order valence-corrected chi connectivity index (χ3v) is 4.05. The smallest absolute Gasteiger partial charge is 0.326 e. The summed E-state index contributed by atoms with van der Waals surface area (Å²) in [6.45, 7) is 1.74. The van der Waals surface area contributed by atoms with Crippen molar-refractivity contribution in [3.63, 3.8) is 0 Å². The van der Waals surface area contributed by atoms with Gasteiger partial charge in [0.15, 0.2) is 0 Å². The molecule has 1 amide bonds. The molecule has 18 heavy (non-hydrogen) atoms. The van der Waals surface area contributed by atoms with Gasteiger partial charge in [0.2, 0.25) is 0 Å². The Morgan fingerprint density at radius 2 is 2.11 bits per heavy atom. The molecular weight excluding hydrogens is 413 g/mol. The van der Waals surface area contributed by atoms with Crippen LogP contribution in [0.25, 0.3) is 0 Å². The first-order chi connectivity index (χ1) is 8.38. The van der Waals surface area contributed by atoms with Gasteiger partial charge in [0.1, 0.15) is 6.04 Å². The highest BCUT2D eigenvalue weighted by atomic mass is 127. The van der Waals surface area contributed by atoms with Crippen molar-refractivity contribution < 1.29 is 14.7 Å². The number of aliphatic carboxylic acids is 1. The lowest BCUT2D eigenvalue weighted by atomic mass is 10.1. The number of nitrogens with zero attached hydrogens (tertiary/aromatic N) is 1. The van der Waals surface area contributed by atoms with E-state index in [1.807, 2.05) is 12.1 Å². The molecule has 0 aliphatic carbocycles. The van der Waals surface area contributed by atoms with Crippen LogP contribution >= 0.6 is 38.5 Å². The number of rotatable bonds is 4. The molecule has 6 heteroatoms. The summed E-state index contributed by atoms with van der Waals surface area (Å²) in [7, 11) is 1.52. The van der Waals surface area contributed by atoms with Gasteiger partial charge in [-0.1, -0.05) is 22.9 Å². The van der Waals surface area contributed by atoms with Gasteiger partial charge in [-0.05, 0) is 47.2 Å². The van der Waals surface area contributed by atoms with Crippen LogP contribution < -0.4 is 0 Å². The van der Waals surface area contributed by atoms with Crippen molar-refractivity contribution >= 4 is 50.4 Å². The molecule has 98 valence electrons. The Balaban J connectivity index is 3.06. The van der Waals surface area contributed by atoms with Crippen molar-refractivity contribution in [2.45, 2.75) is 19.4 Å². The third-order valence-electron chi connectivity index (χ3n) is 2.62. The Morgan fingerprint density at radius 3 is 2.61 bits per heavy atom. The van der Waals surface area contributed by atoms with Crippen molar-refractivity contribution in [2.75, 3.05) is 7.05 Å². The second kappa shape index (κ2) is 6.51. The molecule has 4 nitrogen and oxygen atoms in total. The van der Waals surface area contributed by atoms with E-state index in [4.69, 9.17) is 5.11 Å². The van der Waals surface area contributed by atoms with Crippen molar-refractivity contribution in [3.8, 4) is 0 Å². The van der Waals surface area contributed by atoms with Crippen LogP contribution in [-0.2, 0) is 4.79 Å². The molecule has 0 aliphatic heterocycles. The summed E-state index contributed by atoms with van der Waals surface area (Å²) < 4.78 is 1.59. The molecule has 0 bridgehead atoms. The van der Waals surface area contributed by atoms with Crippen LogP contribution in [0.3, 0.4) is 0 Å². The van der Waals surface area contributed by atoms with Gasteiger partial charge in [-0.2, -0.15) is 0 Å². The molecule has 1 atom stereocenters. The zero-order valence-corrected chi connectivity index (χ0v) is 13.7. The van der Waals surface area contributed by atoms with E-state index in [9.17, 15) is 9.59 Å². The molecular formula is C12H13BrINO3. The predicted octanol–water partition coefficient (Wildman–Crippen LogP) is 2.99. The summed E-state index contributed by atoms with van der Waals surface area (Å²) in [6.07, 6.45) is 0.377. The van der Waals surface area contributed by atoms with Gasteiger partial charge in [-0.3, -0.25) is 4.79 Å². The first-order valence-electron chi connectivity index (χ1n) is 5.33. The number of halogens is 2. The minimum Gasteiger partial charge on any atom is -0.480 e. The first kappa shape index (κ1) is 15.4. The number of likely N-dealkylation sites (N-methyl/N-ethyl adjacent to an activating group) is 1. The molecule has 0 saturated heterocycles. The summed E-state index contributed by atoms with van der Waals surface area (Å²) >= 11 is 5.37. The maximum absolute atomic E-state index is 12.3. The first-order valence-corrected chi connectivity index (χ1v) is 7.20. The second-order valence-electron chi connectivity index (χ2n) is 3.80. The number of hydrogen-bond acceptors (Lipinski definition) is 2. The highest BCUT2D eigenvalue weighted by molar-refractivity contribution is 14.1. The van der Waals surface area contributed by atoms with Crippen LogP contribution in [0.1, 0.15) is 23.7 Å². The Labute approximate surface area is 128 Å². The summed E-state index contributed by atoms with van der Waals surface area (Å²) in [5, 5.41) is 9.06. The maximum Gasteiger partial charge on any atom is 0.326 e. The molecule has 0 radical (unpaired) electrons. The lowest BCUT2D eigenvalue weighted by Gasteiger charge is -2.24.